The summed E-state index contributed by atoms with van der Waals surface area (Å²) in [5, 5.41) is 13.5. The summed E-state index contributed by atoms with van der Waals surface area (Å²) in [7, 11) is -9.20. The van der Waals surface area contributed by atoms with E-state index in [9.17, 15) is 43.3 Å². The topological polar surface area (TPSA) is 370 Å². The van der Waals surface area contributed by atoms with Crippen LogP contribution in [0.5, 0.6) is 0 Å². The molecule has 2 unspecified atom stereocenters. The van der Waals surface area contributed by atoms with Crippen molar-refractivity contribution in [3.05, 3.63) is 64.6 Å². The maximum atomic E-state index is 14.2. The molecule has 3 aliphatic rings. The average molecular weight is 973 g/mol. The lowest BCUT2D eigenvalue weighted by molar-refractivity contribution is -0.181. The Kier molecular flexibility index (Phi) is 15.2. The molecule has 1 amide bonds. The Balaban J connectivity index is 1.17. The summed E-state index contributed by atoms with van der Waals surface area (Å²) in [6, 6.07) is -0.0204. The number of carbonyl (C=O) groups excluding carboxylic acids is 2. The van der Waals surface area contributed by atoms with Gasteiger partial charge < -0.3 is 59.8 Å². The number of aliphatic hydroxyl groups is 1. The average Bonchev–Trinajstić information content (AvgIpc) is 4.12. The van der Waals surface area contributed by atoms with Crippen LogP contribution in [0.1, 0.15) is 43.8 Å². The monoisotopic (exact) mass is 972 g/mol. The minimum absolute atomic E-state index is 0.00144. The molecule has 0 aromatic carbocycles. The normalized spacial score (nSPS) is 27.1. The molecule has 3 aliphatic heterocycles. The molecular weight excluding hydrogens is 926 g/mol. The van der Waals surface area contributed by atoms with Crippen molar-refractivity contribution in [1.29, 1.82) is 0 Å². The third-order valence-electron chi connectivity index (χ3n) is 10.5. The maximum absolute atomic E-state index is 14.2. The molecule has 3 saturated heterocycles. The molecule has 11 atom stereocenters. The summed E-state index contributed by atoms with van der Waals surface area (Å²) in [5.41, 5.74) is 13.0. The maximum Gasteiger partial charge on any atom is 0.472 e. The van der Waals surface area contributed by atoms with Crippen LogP contribution in [0.2, 0.25) is 0 Å². The van der Waals surface area contributed by atoms with Crippen molar-refractivity contribution in [2.24, 2.45) is 0 Å². The molecule has 30 heteroatoms. The highest BCUT2D eigenvalue weighted by atomic mass is 32.1. The number of amides is 1. The van der Waals surface area contributed by atoms with E-state index in [1.807, 2.05) is 0 Å². The van der Waals surface area contributed by atoms with Gasteiger partial charge in [-0.1, -0.05) is 6.08 Å². The highest BCUT2D eigenvalue weighted by molar-refractivity contribution is 7.47. The van der Waals surface area contributed by atoms with E-state index < -0.39 is 108 Å². The predicted octanol–water partition coefficient (Wildman–Crippen LogP) is -0.0593. The zero-order valence-electron chi connectivity index (χ0n) is 34.3. The van der Waals surface area contributed by atoms with E-state index in [0.717, 1.165) is 10.9 Å². The van der Waals surface area contributed by atoms with Crippen molar-refractivity contribution in [3.8, 4) is 0 Å². The zero-order valence-corrected chi connectivity index (χ0v) is 36.9. The third-order valence-corrected chi connectivity index (χ3v) is 12.6. The van der Waals surface area contributed by atoms with Gasteiger partial charge in [0.15, 0.2) is 36.3 Å². The largest absolute Gasteiger partial charge is 0.472 e. The molecule has 0 spiro atoms. The van der Waals surface area contributed by atoms with E-state index in [2.05, 4.69) is 36.0 Å². The summed E-state index contributed by atoms with van der Waals surface area (Å²) < 4.78 is 73.5. The van der Waals surface area contributed by atoms with E-state index >= 15 is 0 Å². The Bertz CT molecular complexity index is 2470. The summed E-state index contributed by atoms with van der Waals surface area (Å²) >= 11 is 1.26. The lowest BCUT2D eigenvalue weighted by Gasteiger charge is -2.30. The van der Waals surface area contributed by atoms with Crippen LogP contribution in [-0.2, 0) is 62.4 Å². The summed E-state index contributed by atoms with van der Waals surface area (Å²) in [4.78, 5) is 92.2. The smallest absolute Gasteiger partial charge is 0.455 e. The second-order valence-electron chi connectivity index (χ2n) is 14.8. The first-order valence-electron chi connectivity index (χ1n) is 19.8. The van der Waals surface area contributed by atoms with Crippen molar-refractivity contribution >= 4 is 61.7 Å². The Morgan fingerprint density at radius 1 is 1.06 bits per heavy atom. The number of rotatable bonds is 20. The fourth-order valence-electron chi connectivity index (χ4n) is 7.30. The van der Waals surface area contributed by atoms with Gasteiger partial charge in [-0.25, -0.2) is 38.7 Å². The molecule has 3 fully saturated rings. The number of likely N-dealkylation sites (N-methyl/N-ethyl adjacent to an activating group) is 1. The second kappa shape index (κ2) is 20.5. The highest BCUT2D eigenvalue weighted by Crippen LogP contribution is 2.51. The van der Waals surface area contributed by atoms with E-state index in [4.69, 9.17) is 44.2 Å². The minimum Gasteiger partial charge on any atom is -0.455 e. The number of phosphoric ester groups is 2. The van der Waals surface area contributed by atoms with Crippen LogP contribution >= 0.6 is 27.0 Å². The van der Waals surface area contributed by atoms with Gasteiger partial charge in [0.1, 0.15) is 54.2 Å². The van der Waals surface area contributed by atoms with Gasteiger partial charge in [0.2, 0.25) is 5.91 Å². The molecule has 354 valence electrons. The zero-order chi connectivity index (χ0) is 46.6. The number of fused-ring (bicyclic) bond motifs is 1. The van der Waals surface area contributed by atoms with Gasteiger partial charge in [0, 0.05) is 44.5 Å². The summed E-state index contributed by atoms with van der Waals surface area (Å²) in [6.45, 7) is 2.03. The van der Waals surface area contributed by atoms with Crippen LogP contribution in [0.4, 0.5) is 11.6 Å². The number of allylic oxidation sites excluding steroid dienone is 1. The molecule has 27 nitrogen and oxygen atoms in total. The van der Waals surface area contributed by atoms with Crippen LogP contribution in [0.25, 0.3) is 11.2 Å². The predicted molar refractivity (Wildman–Crippen MR) is 221 cm³/mol. The standard InChI is InChI=1S/C35H46N10O17P2S/c1-3-4-6-23(46)43(2)19(11-18-14-65-17-41-18)34(48)61-27-20(58-32(26(27)47)45-16-40-25-30(37)38-15-39-31(25)45)13-57-64(53,54)62-28-21(12-56-63(50,51)52)59-33(29(28)60-24-7-5-10-55-24)44-9-8-22(36)42-35(44)49/h3,8-9,14-17,19-21,24,26-29,32-33,47H,1,4-7,10-13H2,2H3,(H,53,54)(H2,36,42,49)(H2,37,38,39)(H2,50,51,52)/t19-,20+,21+,24?,26+,27+,28+,29+,32+,33+/m0/s1. The number of phosphoric acid groups is 2. The number of ether oxygens (including phenoxy) is 5. The SMILES string of the molecule is C=CCCC(=O)N(C)[C@@H](Cc1cscn1)C(=O)O[C@H]1[C@@H](O)[C@H](n2cnc3c(N)ncnc32)O[C@@H]1COP(=O)(O)O[C@H]1[C@@H](OC2CCCO2)[C@H](n2ccc(N)nc2=O)O[C@@H]1COP(=O)(O)O. The first-order valence-corrected chi connectivity index (χ1v) is 23.7. The van der Waals surface area contributed by atoms with Gasteiger partial charge in [0.05, 0.1) is 30.7 Å². The number of thiazole rings is 1. The Hall–Kier alpha value is -4.64. The van der Waals surface area contributed by atoms with Crippen LogP contribution in [0.3, 0.4) is 0 Å². The number of aliphatic hydroxyl groups excluding tert-OH is 1. The fourth-order valence-corrected chi connectivity index (χ4v) is 9.17. The number of nitrogen functional groups attached to an aromatic ring is 2. The molecule has 0 radical (unpaired) electrons. The number of anilines is 2. The lowest BCUT2D eigenvalue weighted by atomic mass is 10.1. The molecule has 65 heavy (non-hydrogen) atoms. The van der Waals surface area contributed by atoms with E-state index in [0.29, 0.717) is 25.0 Å². The van der Waals surface area contributed by atoms with E-state index in [1.54, 1.807) is 17.0 Å². The van der Waals surface area contributed by atoms with Crippen LogP contribution in [0, 0.1) is 0 Å². The van der Waals surface area contributed by atoms with Crippen LogP contribution < -0.4 is 17.2 Å². The van der Waals surface area contributed by atoms with Gasteiger partial charge in [0.25, 0.3) is 0 Å². The second-order valence-corrected chi connectivity index (χ2v) is 18.2. The number of nitrogens with two attached hydrogens (primary N) is 2. The Morgan fingerprint density at radius 3 is 2.51 bits per heavy atom. The molecular formula is C35H46N10O17P2S. The van der Waals surface area contributed by atoms with Crippen molar-refractivity contribution in [3.63, 3.8) is 0 Å². The van der Waals surface area contributed by atoms with Crippen molar-refractivity contribution in [2.45, 2.75) is 93.5 Å². The van der Waals surface area contributed by atoms with Crippen molar-refractivity contribution in [1.82, 2.24) is 39.0 Å². The Labute approximate surface area is 372 Å². The molecule has 7 rings (SSSR count). The fraction of sp³-hybridized carbons (Fsp3) is 0.543. The number of hydrogen-bond donors (Lipinski definition) is 6. The molecule has 8 N–H and O–H groups in total. The summed E-state index contributed by atoms with van der Waals surface area (Å²) in [6.07, 6.45) is -7.56. The first kappa shape index (κ1) is 48.3. The lowest BCUT2D eigenvalue weighted by Crippen LogP contribution is -2.48. The highest BCUT2D eigenvalue weighted by Gasteiger charge is 2.54. The molecule has 4 aromatic rings. The number of carbonyl (C=O) groups is 2. The van der Waals surface area contributed by atoms with Gasteiger partial charge in [-0.05, 0) is 18.9 Å². The molecule has 0 bridgehead atoms. The number of aromatic nitrogens is 7. The first-order chi connectivity index (χ1) is 30.9. The van der Waals surface area contributed by atoms with Gasteiger partial charge in [-0.3, -0.25) is 27.5 Å². The number of imidazole rings is 1. The molecule has 0 aliphatic carbocycles. The minimum atomic E-state index is -5.42. The quantitative estimate of drug-likeness (QED) is 0.0384. The van der Waals surface area contributed by atoms with Crippen LogP contribution in [-0.4, -0.2) is 146 Å². The summed E-state index contributed by atoms with van der Waals surface area (Å²) in [5.74, 6) is -1.57. The van der Waals surface area contributed by atoms with Crippen LogP contribution in [0.15, 0.2) is 53.3 Å². The Morgan fingerprint density at radius 2 is 1.82 bits per heavy atom. The number of hydrogen-bond acceptors (Lipinski definition) is 22. The van der Waals surface area contributed by atoms with Crippen molar-refractivity contribution in [2.75, 3.05) is 38.3 Å². The molecule has 7 heterocycles. The number of esters is 1. The molecule has 0 saturated carbocycles. The van der Waals surface area contributed by atoms with Crippen molar-refractivity contribution < 1.29 is 75.8 Å². The van der Waals surface area contributed by atoms with E-state index in [1.165, 1.54) is 46.4 Å². The van der Waals surface area contributed by atoms with Gasteiger partial charge >= 0.3 is 27.3 Å². The molecule has 4 aromatic heterocycles. The third kappa shape index (κ3) is 11.5. The van der Waals surface area contributed by atoms with E-state index in [-0.39, 0.29) is 42.2 Å². The number of nitrogens with zero attached hydrogens (tertiary/aromatic N) is 8. The van der Waals surface area contributed by atoms with Gasteiger partial charge in [-0.2, -0.15) is 4.98 Å². The van der Waals surface area contributed by atoms with Gasteiger partial charge in [-0.15, -0.1) is 17.9 Å².